The van der Waals surface area contributed by atoms with E-state index in [0.29, 0.717) is 11.0 Å². The lowest BCUT2D eigenvalue weighted by Crippen LogP contribution is -2.37. The zero-order valence-corrected chi connectivity index (χ0v) is 13.9. The number of nitrogens with zero attached hydrogens (tertiary/aromatic N) is 1. The van der Waals surface area contributed by atoms with Crippen LogP contribution in [0.5, 0.6) is 0 Å². The normalized spacial score (nSPS) is 14.9. The van der Waals surface area contributed by atoms with Gasteiger partial charge in [0, 0.05) is 11.3 Å². The molecule has 0 spiro atoms. The lowest BCUT2D eigenvalue weighted by Gasteiger charge is -2.10. The number of nitrogens with two attached hydrogens (primary N) is 1. The van der Waals surface area contributed by atoms with Crippen molar-refractivity contribution in [3.05, 3.63) is 47.0 Å². The fourth-order valence-corrected chi connectivity index (χ4v) is 2.97. The van der Waals surface area contributed by atoms with Crippen molar-refractivity contribution in [2.24, 2.45) is 5.73 Å². The zero-order valence-electron chi connectivity index (χ0n) is 13.1. The molecule has 0 bridgehead atoms. The Labute approximate surface area is 144 Å². The molecule has 2 aromatic rings. The van der Waals surface area contributed by atoms with Gasteiger partial charge in [-0.1, -0.05) is 30.3 Å². The Morgan fingerprint density at radius 3 is 2.79 bits per heavy atom. The second-order valence-electron chi connectivity index (χ2n) is 5.80. The maximum atomic E-state index is 12.0. The number of hydrogen-bond acceptors (Lipinski definition) is 6. The van der Waals surface area contributed by atoms with E-state index < -0.39 is 17.9 Å². The maximum absolute atomic E-state index is 12.0. The van der Waals surface area contributed by atoms with Crippen molar-refractivity contribution in [2.75, 3.05) is 5.32 Å². The van der Waals surface area contributed by atoms with Gasteiger partial charge in [-0.2, -0.15) is 0 Å². The Bertz CT molecular complexity index is 713. The van der Waals surface area contributed by atoms with E-state index in [2.05, 4.69) is 10.3 Å². The molecule has 6 nitrogen and oxygen atoms in total. The Kier molecular flexibility index (Phi) is 5.22. The SMILES string of the molecule is N[C@@H](CC(=O)OCc1ccccc1)C(=O)Nc1nc(C2CC2)cs1. The molecule has 24 heavy (non-hydrogen) atoms. The third-order valence-corrected chi connectivity index (χ3v) is 4.49. The smallest absolute Gasteiger partial charge is 0.308 e. The summed E-state index contributed by atoms with van der Waals surface area (Å²) >= 11 is 1.38. The number of aromatic nitrogens is 1. The summed E-state index contributed by atoms with van der Waals surface area (Å²) in [5.41, 5.74) is 7.69. The second-order valence-corrected chi connectivity index (χ2v) is 6.66. The number of nitrogens with one attached hydrogen (secondary N) is 1. The van der Waals surface area contributed by atoms with Crippen LogP contribution in [-0.4, -0.2) is 22.9 Å². The third-order valence-electron chi connectivity index (χ3n) is 3.71. The molecule has 126 valence electrons. The van der Waals surface area contributed by atoms with E-state index in [9.17, 15) is 9.59 Å². The predicted octanol–water partition coefficient (Wildman–Crippen LogP) is 2.42. The van der Waals surface area contributed by atoms with Crippen molar-refractivity contribution in [1.29, 1.82) is 0 Å². The number of amides is 1. The van der Waals surface area contributed by atoms with Gasteiger partial charge in [0.25, 0.3) is 0 Å². The average Bonchev–Trinajstić information content (AvgIpc) is 3.34. The number of carbonyl (C=O) groups excluding carboxylic acids is 2. The second kappa shape index (κ2) is 7.55. The summed E-state index contributed by atoms with van der Waals surface area (Å²) in [6.45, 7) is 0.172. The molecule has 0 unspecified atom stereocenters. The molecule has 3 rings (SSSR count). The molecule has 1 aromatic carbocycles. The third kappa shape index (κ3) is 4.62. The van der Waals surface area contributed by atoms with E-state index in [0.717, 1.165) is 24.1 Å². The molecule has 1 aliphatic rings. The van der Waals surface area contributed by atoms with Crippen LogP contribution in [0.15, 0.2) is 35.7 Å². The lowest BCUT2D eigenvalue weighted by molar-refractivity contribution is -0.146. The van der Waals surface area contributed by atoms with Crippen molar-refractivity contribution >= 4 is 28.3 Å². The van der Waals surface area contributed by atoms with E-state index in [4.69, 9.17) is 10.5 Å². The van der Waals surface area contributed by atoms with Gasteiger partial charge in [-0.25, -0.2) is 4.98 Å². The molecule has 1 fully saturated rings. The molecular formula is C17H19N3O3S. The van der Waals surface area contributed by atoms with Crippen molar-refractivity contribution in [3.63, 3.8) is 0 Å². The molecule has 1 aliphatic carbocycles. The lowest BCUT2D eigenvalue weighted by atomic mass is 10.2. The number of anilines is 1. The highest BCUT2D eigenvalue weighted by atomic mass is 32.1. The van der Waals surface area contributed by atoms with E-state index in [1.54, 1.807) is 0 Å². The molecule has 7 heteroatoms. The van der Waals surface area contributed by atoms with Gasteiger partial charge in [-0.3, -0.25) is 9.59 Å². The van der Waals surface area contributed by atoms with E-state index >= 15 is 0 Å². The number of carbonyl (C=O) groups is 2. The van der Waals surface area contributed by atoms with Crippen molar-refractivity contribution < 1.29 is 14.3 Å². The van der Waals surface area contributed by atoms with E-state index in [1.807, 2.05) is 35.7 Å². The first kappa shape index (κ1) is 16.6. The number of thiazole rings is 1. The minimum atomic E-state index is -0.957. The first-order valence-corrected chi connectivity index (χ1v) is 8.71. The summed E-state index contributed by atoms with van der Waals surface area (Å²) in [7, 11) is 0. The van der Waals surface area contributed by atoms with Crippen LogP contribution >= 0.6 is 11.3 Å². The number of benzene rings is 1. The molecular weight excluding hydrogens is 326 g/mol. The van der Waals surface area contributed by atoms with Gasteiger partial charge in [0.2, 0.25) is 5.91 Å². The van der Waals surface area contributed by atoms with Crippen LogP contribution in [0.25, 0.3) is 0 Å². The molecule has 0 aliphatic heterocycles. The number of esters is 1. The van der Waals surface area contributed by atoms with Crippen molar-refractivity contribution in [1.82, 2.24) is 4.98 Å². The minimum Gasteiger partial charge on any atom is -0.461 e. The van der Waals surface area contributed by atoms with Crippen LogP contribution in [-0.2, 0) is 20.9 Å². The summed E-state index contributed by atoms with van der Waals surface area (Å²) in [5, 5.41) is 5.13. The van der Waals surface area contributed by atoms with E-state index in [1.165, 1.54) is 11.3 Å². The quantitative estimate of drug-likeness (QED) is 0.752. The standard InChI is InChI=1S/C17H19N3O3S/c18-13(8-15(21)23-9-11-4-2-1-3-5-11)16(22)20-17-19-14(10-24-17)12-6-7-12/h1-5,10,12-13H,6-9,18H2,(H,19,20,22)/t13-/m0/s1. The van der Waals surface area contributed by atoms with Gasteiger partial charge >= 0.3 is 5.97 Å². The summed E-state index contributed by atoms with van der Waals surface area (Å²) in [6, 6.07) is 8.39. The Hall–Kier alpha value is -2.25. The van der Waals surface area contributed by atoms with Crippen molar-refractivity contribution in [3.8, 4) is 0 Å². The molecule has 0 saturated heterocycles. The predicted molar refractivity (Wildman–Crippen MR) is 91.5 cm³/mol. The van der Waals surface area contributed by atoms with Gasteiger partial charge in [0.05, 0.1) is 18.2 Å². The van der Waals surface area contributed by atoms with Crippen LogP contribution in [0.3, 0.4) is 0 Å². The van der Waals surface area contributed by atoms with Crippen LogP contribution in [0, 0.1) is 0 Å². The molecule has 1 heterocycles. The highest BCUT2D eigenvalue weighted by molar-refractivity contribution is 7.13. The van der Waals surface area contributed by atoms with Gasteiger partial charge in [-0.05, 0) is 18.4 Å². The van der Waals surface area contributed by atoms with Crippen LogP contribution in [0.4, 0.5) is 5.13 Å². The zero-order chi connectivity index (χ0) is 16.9. The molecule has 1 aromatic heterocycles. The Balaban J connectivity index is 1.43. The van der Waals surface area contributed by atoms with Gasteiger partial charge in [-0.15, -0.1) is 11.3 Å². The largest absolute Gasteiger partial charge is 0.461 e. The topological polar surface area (TPSA) is 94.3 Å². The summed E-state index contributed by atoms with van der Waals surface area (Å²) in [6.07, 6.45) is 2.15. The van der Waals surface area contributed by atoms with Crippen LogP contribution in [0.2, 0.25) is 0 Å². The van der Waals surface area contributed by atoms with Gasteiger partial charge in [0.1, 0.15) is 6.61 Å². The number of hydrogen-bond donors (Lipinski definition) is 2. The van der Waals surface area contributed by atoms with Crippen LogP contribution in [0.1, 0.15) is 36.4 Å². The monoisotopic (exact) mass is 345 g/mol. The molecule has 1 saturated carbocycles. The molecule has 3 N–H and O–H groups in total. The highest BCUT2D eigenvalue weighted by Crippen LogP contribution is 2.40. The maximum Gasteiger partial charge on any atom is 0.308 e. The van der Waals surface area contributed by atoms with Gasteiger partial charge < -0.3 is 15.8 Å². The summed E-state index contributed by atoms with van der Waals surface area (Å²) in [5.74, 6) is -0.392. The highest BCUT2D eigenvalue weighted by Gasteiger charge is 2.27. The fourth-order valence-electron chi connectivity index (χ4n) is 2.18. The average molecular weight is 345 g/mol. The fraction of sp³-hybridized carbons (Fsp3) is 0.353. The Morgan fingerprint density at radius 2 is 2.08 bits per heavy atom. The van der Waals surface area contributed by atoms with Crippen LogP contribution < -0.4 is 11.1 Å². The molecule has 1 atom stereocenters. The molecule has 1 amide bonds. The first-order chi connectivity index (χ1) is 11.6. The first-order valence-electron chi connectivity index (χ1n) is 7.83. The van der Waals surface area contributed by atoms with Crippen molar-refractivity contribution in [2.45, 2.75) is 37.8 Å². The van der Waals surface area contributed by atoms with E-state index in [-0.39, 0.29) is 13.0 Å². The number of ether oxygens (including phenoxy) is 1. The summed E-state index contributed by atoms with van der Waals surface area (Å²) < 4.78 is 5.13. The molecule has 0 radical (unpaired) electrons. The number of rotatable bonds is 7. The minimum absolute atomic E-state index is 0.167. The van der Waals surface area contributed by atoms with Gasteiger partial charge in [0.15, 0.2) is 5.13 Å². The summed E-state index contributed by atoms with van der Waals surface area (Å²) in [4.78, 5) is 28.2. The Morgan fingerprint density at radius 1 is 1.33 bits per heavy atom.